The molecule has 2 aromatic carbocycles. The highest BCUT2D eigenvalue weighted by atomic mass is 35.5. The average Bonchev–Trinajstić information content (AvgIpc) is 2.68. The number of esters is 1. The number of nitro benzene ring substituents is 1. The summed E-state index contributed by atoms with van der Waals surface area (Å²) in [7, 11) is 0. The lowest BCUT2D eigenvalue weighted by Crippen LogP contribution is -2.30. The van der Waals surface area contributed by atoms with Gasteiger partial charge in [0.1, 0.15) is 0 Å². The second-order valence-electron chi connectivity index (χ2n) is 5.68. The SMILES string of the molecule is CCOc1ccc(C(=O)OCC(=O)NCCc2ccc(Cl)cc2)cc1[N+](=O)[O-]. The highest BCUT2D eigenvalue weighted by Gasteiger charge is 2.19. The molecule has 0 aromatic heterocycles. The van der Waals surface area contributed by atoms with E-state index in [4.69, 9.17) is 21.1 Å². The first-order valence-corrected chi connectivity index (χ1v) is 8.88. The van der Waals surface area contributed by atoms with Crippen molar-refractivity contribution in [1.82, 2.24) is 5.32 Å². The molecule has 0 bridgehead atoms. The summed E-state index contributed by atoms with van der Waals surface area (Å²) < 4.78 is 10.1. The summed E-state index contributed by atoms with van der Waals surface area (Å²) in [6.45, 7) is 1.82. The van der Waals surface area contributed by atoms with Gasteiger partial charge in [0.25, 0.3) is 5.91 Å². The lowest BCUT2D eigenvalue weighted by molar-refractivity contribution is -0.385. The lowest BCUT2D eigenvalue weighted by Gasteiger charge is -2.08. The van der Waals surface area contributed by atoms with Crippen LogP contribution in [0.2, 0.25) is 5.02 Å². The summed E-state index contributed by atoms with van der Waals surface area (Å²) in [5.74, 6) is -1.24. The first kappa shape index (κ1) is 21.2. The van der Waals surface area contributed by atoms with E-state index >= 15 is 0 Å². The van der Waals surface area contributed by atoms with Gasteiger partial charge >= 0.3 is 11.7 Å². The summed E-state index contributed by atoms with van der Waals surface area (Å²) in [6.07, 6.45) is 0.599. The first-order chi connectivity index (χ1) is 13.4. The number of hydrogen-bond donors (Lipinski definition) is 1. The third kappa shape index (κ3) is 6.24. The molecule has 0 aliphatic rings. The molecule has 0 aliphatic heterocycles. The van der Waals surface area contributed by atoms with Crippen molar-refractivity contribution >= 4 is 29.2 Å². The normalized spacial score (nSPS) is 10.2. The second-order valence-corrected chi connectivity index (χ2v) is 6.11. The molecular formula is C19H19ClN2O6. The van der Waals surface area contributed by atoms with Gasteiger partial charge in [0, 0.05) is 17.6 Å². The fourth-order valence-electron chi connectivity index (χ4n) is 2.33. The van der Waals surface area contributed by atoms with Crippen molar-refractivity contribution in [3.63, 3.8) is 0 Å². The van der Waals surface area contributed by atoms with E-state index in [9.17, 15) is 19.7 Å². The van der Waals surface area contributed by atoms with Crippen LogP contribution in [-0.4, -0.2) is 36.6 Å². The molecule has 2 aromatic rings. The summed E-state index contributed by atoms with van der Waals surface area (Å²) in [5, 5.41) is 14.4. The van der Waals surface area contributed by atoms with E-state index in [2.05, 4.69) is 5.32 Å². The Morgan fingerprint density at radius 1 is 1.18 bits per heavy atom. The Kier molecular flexibility index (Phi) is 7.76. The van der Waals surface area contributed by atoms with Gasteiger partial charge in [-0.25, -0.2) is 4.79 Å². The molecule has 0 unspecified atom stereocenters. The van der Waals surface area contributed by atoms with Crippen LogP contribution >= 0.6 is 11.6 Å². The predicted octanol–water partition coefficient (Wildman–Crippen LogP) is 3.16. The van der Waals surface area contributed by atoms with E-state index in [-0.39, 0.29) is 23.6 Å². The number of nitro groups is 1. The van der Waals surface area contributed by atoms with Crippen molar-refractivity contribution in [3.05, 3.63) is 68.7 Å². The largest absolute Gasteiger partial charge is 0.487 e. The maximum absolute atomic E-state index is 12.0. The van der Waals surface area contributed by atoms with Crippen LogP contribution in [-0.2, 0) is 16.0 Å². The van der Waals surface area contributed by atoms with Crippen LogP contribution in [0.1, 0.15) is 22.8 Å². The quantitative estimate of drug-likeness (QED) is 0.389. The Hall–Kier alpha value is -3.13. The standard InChI is InChI=1S/C19H19ClN2O6/c1-2-27-17-8-5-14(11-16(17)22(25)26)19(24)28-12-18(23)21-10-9-13-3-6-15(20)7-4-13/h3-8,11H,2,9-10,12H2,1H3,(H,21,23). The van der Waals surface area contributed by atoms with E-state index in [0.29, 0.717) is 18.0 Å². The molecule has 148 valence electrons. The Morgan fingerprint density at radius 3 is 2.54 bits per heavy atom. The summed E-state index contributed by atoms with van der Waals surface area (Å²) in [4.78, 5) is 34.3. The molecule has 28 heavy (non-hydrogen) atoms. The molecule has 1 amide bonds. The summed E-state index contributed by atoms with van der Waals surface area (Å²) in [5.41, 5.74) is 0.622. The second kappa shape index (κ2) is 10.3. The zero-order valence-electron chi connectivity index (χ0n) is 15.1. The fourth-order valence-corrected chi connectivity index (χ4v) is 2.45. The number of nitrogens with zero attached hydrogens (tertiary/aromatic N) is 1. The number of ether oxygens (including phenoxy) is 2. The average molecular weight is 407 g/mol. The van der Waals surface area contributed by atoms with Gasteiger partial charge < -0.3 is 14.8 Å². The van der Waals surface area contributed by atoms with Crippen LogP contribution in [0.15, 0.2) is 42.5 Å². The molecule has 0 saturated carbocycles. The Balaban J connectivity index is 1.83. The van der Waals surface area contributed by atoms with Gasteiger partial charge in [-0.3, -0.25) is 14.9 Å². The molecule has 1 N–H and O–H groups in total. The fraction of sp³-hybridized carbons (Fsp3) is 0.263. The van der Waals surface area contributed by atoms with E-state index in [0.717, 1.165) is 11.6 Å². The number of amides is 1. The minimum atomic E-state index is -0.834. The molecule has 9 heteroatoms. The van der Waals surface area contributed by atoms with Crippen LogP contribution in [0.3, 0.4) is 0 Å². The lowest BCUT2D eigenvalue weighted by atomic mass is 10.1. The van der Waals surface area contributed by atoms with Crippen molar-refractivity contribution in [2.75, 3.05) is 19.8 Å². The van der Waals surface area contributed by atoms with Crippen molar-refractivity contribution < 1.29 is 24.0 Å². The maximum atomic E-state index is 12.0. The number of hydrogen-bond acceptors (Lipinski definition) is 6. The number of nitrogens with one attached hydrogen (secondary N) is 1. The van der Waals surface area contributed by atoms with Crippen LogP contribution in [0.5, 0.6) is 5.75 Å². The monoisotopic (exact) mass is 406 g/mol. The number of carbonyl (C=O) groups is 2. The third-order valence-corrected chi connectivity index (χ3v) is 3.93. The molecule has 0 saturated heterocycles. The molecule has 0 aliphatic carbocycles. The highest BCUT2D eigenvalue weighted by molar-refractivity contribution is 6.30. The zero-order chi connectivity index (χ0) is 20.5. The Bertz CT molecular complexity index is 854. The molecule has 0 radical (unpaired) electrons. The highest BCUT2D eigenvalue weighted by Crippen LogP contribution is 2.28. The molecule has 0 atom stereocenters. The van der Waals surface area contributed by atoms with Crippen LogP contribution < -0.4 is 10.1 Å². The third-order valence-electron chi connectivity index (χ3n) is 3.67. The van der Waals surface area contributed by atoms with E-state index in [1.54, 1.807) is 19.1 Å². The molecule has 0 spiro atoms. The zero-order valence-corrected chi connectivity index (χ0v) is 15.9. The minimum Gasteiger partial charge on any atom is -0.487 e. The van der Waals surface area contributed by atoms with Gasteiger partial charge in [0.05, 0.1) is 17.1 Å². The molecule has 0 fully saturated rings. The molecular weight excluding hydrogens is 388 g/mol. The van der Waals surface area contributed by atoms with Gasteiger partial charge in [-0.2, -0.15) is 0 Å². The van der Waals surface area contributed by atoms with E-state index in [1.165, 1.54) is 12.1 Å². The summed E-state index contributed by atoms with van der Waals surface area (Å²) in [6, 6.07) is 11.0. The Morgan fingerprint density at radius 2 is 1.89 bits per heavy atom. The Labute approximate surface area is 166 Å². The topological polar surface area (TPSA) is 108 Å². The number of benzene rings is 2. The van der Waals surface area contributed by atoms with Crippen LogP contribution in [0.25, 0.3) is 0 Å². The van der Waals surface area contributed by atoms with E-state index < -0.39 is 23.4 Å². The van der Waals surface area contributed by atoms with Gasteiger partial charge in [0.15, 0.2) is 12.4 Å². The van der Waals surface area contributed by atoms with Crippen LogP contribution in [0, 0.1) is 10.1 Å². The molecule has 2 rings (SSSR count). The number of rotatable bonds is 9. The minimum absolute atomic E-state index is 0.0379. The van der Waals surface area contributed by atoms with Crippen molar-refractivity contribution in [3.8, 4) is 5.75 Å². The van der Waals surface area contributed by atoms with E-state index in [1.807, 2.05) is 12.1 Å². The smallest absolute Gasteiger partial charge is 0.338 e. The van der Waals surface area contributed by atoms with Gasteiger partial charge in [-0.05, 0) is 43.2 Å². The van der Waals surface area contributed by atoms with Gasteiger partial charge in [-0.15, -0.1) is 0 Å². The first-order valence-electron chi connectivity index (χ1n) is 8.50. The molecule has 0 heterocycles. The van der Waals surface area contributed by atoms with Crippen LogP contribution in [0.4, 0.5) is 5.69 Å². The summed E-state index contributed by atoms with van der Waals surface area (Å²) >= 11 is 5.81. The van der Waals surface area contributed by atoms with Crippen molar-refractivity contribution in [2.45, 2.75) is 13.3 Å². The maximum Gasteiger partial charge on any atom is 0.338 e. The number of carbonyl (C=O) groups excluding carboxylic acids is 2. The van der Waals surface area contributed by atoms with Gasteiger partial charge in [-0.1, -0.05) is 23.7 Å². The number of halogens is 1. The predicted molar refractivity (Wildman–Crippen MR) is 103 cm³/mol. The molecule has 8 nitrogen and oxygen atoms in total. The van der Waals surface area contributed by atoms with Crippen molar-refractivity contribution in [1.29, 1.82) is 0 Å². The van der Waals surface area contributed by atoms with Gasteiger partial charge in [0.2, 0.25) is 0 Å². The van der Waals surface area contributed by atoms with Crippen molar-refractivity contribution in [2.24, 2.45) is 0 Å².